The molecular weight excluding hydrogens is 258 g/mol. The number of hydrogen-bond acceptors (Lipinski definition) is 4. The van der Waals surface area contributed by atoms with Crippen molar-refractivity contribution >= 4 is 17.5 Å². The van der Waals surface area contributed by atoms with Gasteiger partial charge in [0.05, 0.1) is 24.0 Å². The van der Waals surface area contributed by atoms with Crippen LogP contribution in [0.2, 0.25) is 0 Å². The van der Waals surface area contributed by atoms with Crippen LogP contribution in [0.25, 0.3) is 0 Å². The molecule has 0 aliphatic heterocycles. The monoisotopic (exact) mass is 281 g/mol. The average molecular weight is 281 g/mol. The Morgan fingerprint density at radius 1 is 1.45 bits per heavy atom. The summed E-state index contributed by atoms with van der Waals surface area (Å²) in [5.41, 5.74) is 7.17. The molecule has 7 nitrogen and oxygen atoms in total. The van der Waals surface area contributed by atoms with Crippen LogP contribution >= 0.6 is 0 Å². The fraction of sp³-hybridized carbons (Fsp3) is 0.615. The van der Waals surface area contributed by atoms with E-state index in [-0.39, 0.29) is 24.3 Å². The first kappa shape index (κ1) is 16.2. The molecule has 4 N–H and O–H groups in total. The first-order chi connectivity index (χ1) is 9.35. The van der Waals surface area contributed by atoms with Gasteiger partial charge in [0.25, 0.3) is 0 Å². The zero-order valence-corrected chi connectivity index (χ0v) is 12.4. The normalized spacial score (nSPS) is 12.3. The van der Waals surface area contributed by atoms with Gasteiger partial charge in [0, 0.05) is 13.2 Å². The number of aryl methyl sites for hydroxylation is 2. The molecule has 1 aromatic rings. The van der Waals surface area contributed by atoms with Crippen LogP contribution in [0.5, 0.6) is 0 Å². The molecule has 20 heavy (non-hydrogen) atoms. The number of anilines is 1. The third kappa shape index (κ3) is 4.34. The number of nitrogens with two attached hydrogens (primary N) is 1. The van der Waals surface area contributed by atoms with E-state index in [2.05, 4.69) is 15.7 Å². The minimum absolute atomic E-state index is 0.0306. The molecule has 0 fully saturated rings. The zero-order valence-electron chi connectivity index (χ0n) is 12.4. The van der Waals surface area contributed by atoms with Crippen LogP contribution in [0.3, 0.4) is 0 Å². The maximum absolute atomic E-state index is 11.8. The Balaban J connectivity index is 2.50. The summed E-state index contributed by atoms with van der Waals surface area (Å²) in [6.07, 6.45) is 2.46. The Labute approximate surface area is 118 Å². The molecule has 0 bridgehead atoms. The van der Waals surface area contributed by atoms with Gasteiger partial charge in [-0.05, 0) is 12.3 Å². The molecule has 0 spiro atoms. The lowest BCUT2D eigenvalue weighted by Gasteiger charge is -2.15. The molecule has 1 aromatic heterocycles. The van der Waals surface area contributed by atoms with Crippen molar-refractivity contribution in [3.05, 3.63) is 11.9 Å². The van der Waals surface area contributed by atoms with E-state index >= 15 is 0 Å². The fourth-order valence-electron chi connectivity index (χ4n) is 1.68. The maximum atomic E-state index is 11.8. The first-order valence-corrected chi connectivity index (χ1v) is 6.70. The number of nitrogens with zero attached hydrogens (tertiary/aromatic N) is 2. The van der Waals surface area contributed by atoms with E-state index in [4.69, 9.17) is 5.73 Å². The summed E-state index contributed by atoms with van der Waals surface area (Å²) in [7, 11) is 1.79. The molecule has 1 heterocycles. The van der Waals surface area contributed by atoms with E-state index in [1.807, 2.05) is 20.8 Å². The molecule has 7 heteroatoms. The SMILES string of the molecule is CCc1nn(C)cc1NC(=O)CNC(=O)[C@@H](N)C(C)C. The van der Waals surface area contributed by atoms with E-state index in [1.54, 1.807) is 17.9 Å². The Morgan fingerprint density at radius 2 is 2.10 bits per heavy atom. The van der Waals surface area contributed by atoms with Crippen LogP contribution in [0, 0.1) is 5.92 Å². The molecule has 0 aliphatic rings. The maximum Gasteiger partial charge on any atom is 0.243 e. The molecule has 1 rings (SSSR count). The van der Waals surface area contributed by atoms with Gasteiger partial charge >= 0.3 is 0 Å². The number of hydrogen-bond donors (Lipinski definition) is 3. The van der Waals surface area contributed by atoms with Crippen LogP contribution in [-0.2, 0) is 23.1 Å². The van der Waals surface area contributed by atoms with Crippen molar-refractivity contribution in [1.82, 2.24) is 15.1 Å². The number of carbonyl (C=O) groups excluding carboxylic acids is 2. The molecule has 0 radical (unpaired) electrons. The number of carbonyl (C=O) groups is 2. The van der Waals surface area contributed by atoms with Crippen LogP contribution in [0.15, 0.2) is 6.20 Å². The molecule has 0 unspecified atom stereocenters. The summed E-state index contributed by atoms with van der Waals surface area (Å²) >= 11 is 0. The summed E-state index contributed by atoms with van der Waals surface area (Å²) in [6, 6.07) is -0.604. The van der Waals surface area contributed by atoms with Gasteiger partial charge < -0.3 is 16.4 Å². The second kappa shape index (κ2) is 7.04. The van der Waals surface area contributed by atoms with Crippen molar-refractivity contribution in [3.8, 4) is 0 Å². The molecule has 0 aromatic carbocycles. The first-order valence-electron chi connectivity index (χ1n) is 6.70. The number of aromatic nitrogens is 2. The lowest BCUT2D eigenvalue weighted by Crippen LogP contribution is -2.46. The lowest BCUT2D eigenvalue weighted by molar-refractivity contribution is -0.125. The van der Waals surface area contributed by atoms with E-state index in [0.717, 1.165) is 12.1 Å². The molecule has 2 amide bonds. The van der Waals surface area contributed by atoms with Gasteiger partial charge in [0.2, 0.25) is 11.8 Å². The van der Waals surface area contributed by atoms with Crippen LogP contribution in [0.1, 0.15) is 26.5 Å². The summed E-state index contributed by atoms with van der Waals surface area (Å²) in [4.78, 5) is 23.4. The zero-order chi connectivity index (χ0) is 15.3. The third-order valence-electron chi connectivity index (χ3n) is 2.96. The van der Waals surface area contributed by atoms with Gasteiger partial charge in [-0.1, -0.05) is 20.8 Å². The van der Waals surface area contributed by atoms with Crippen LogP contribution in [0.4, 0.5) is 5.69 Å². The van der Waals surface area contributed by atoms with Crippen molar-refractivity contribution in [3.63, 3.8) is 0 Å². The van der Waals surface area contributed by atoms with E-state index in [1.165, 1.54) is 0 Å². The standard InChI is InChI=1S/C13H23N5O2/c1-5-9-10(7-18(4)17-9)16-11(19)6-15-13(20)12(14)8(2)3/h7-8,12H,5-6,14H2,1-4H3,(H,15,20)(H,16,19)/t12-/m0/s1. The molecule has 1 atom stereocenters. The predicted molar refractivity (Wildman–Crippen MR) is 77.0 cm³/mol. The highest BCUT2D eigenvalue weighted by atomic mass is 16.2. The largest absolute Gasteiger partial charge is 0.346 e. The van der Waals surface area contributed by atoms with Crippen molar-refractivity contribution in [2.75, 3.05) is 11.9 Å². The predicted octanol–water partition coefficient (Wildman–Crippen LogP) is 0.0205. The summed E-state index contributed by atoms with van der Waals surface area (Å²) in [5.74, 6) is -0.586. The Hall–Kier alpha value is -1.89. The topological polar surface area (TPSA) is 102 Å². The Kier molecular flexibility index (Phi) is 5.69. The smallest absolute Gasteiger partial charge is 0.243 e. The van der Waals surface area contributed by atoms with Gasteiger partial charge in [-0.25, -0.2) is 0 Å². The summed E-state index contributed by atoms with van der Waals surface area (Å²) < 4.78 is 1.64. The quantitative estimate of drug-likeness (QED) is 0.684. The molecule has 0 saturated carbocycles. The molecule has 0 aliphatic carbocycles. The van der Waals surface area contributed by atoms with Gasteiger partial charge in [0.15, 0.2) is 0 Å². The molecule has 112 valence electrons. The minimum Gasteiger partial charge on any atom is -0.346 e. The Bertz CT molecular complexity index is 481. The van der Waals surface area contributed by atoms with Gasteiger partial charge in [-0.15, -0.1) is 0 Å². The summed E-state index contributed by atoms with van der Waals surface area (Å²) in [6.45, 7) is 5.57. The van der Waals surface area contributed by atoms with Crippen molar-refractivity contribution in [1.29, 1.82) is 0 Å². The number of amides is 2. The van der Waals surface area contributed by atoms with Crippen LogP contribution in [-0.4, -0.2) is 34.2 Å². The van der Waals surface area contributed by atoms with Crippen molar-refractivity contribution in [2.45, 2.75) is 33.2 Å². The van der Waals surface area contributed by atoms with Crippen molar-refractivity contribution < 1.29 is 9.59 Å². The van der Waals surface area contributed by atoms with E-state index in [0.29, 0.717) is 5.69 Å². The highest BCUT2D eigenvalue weighted by Crippen LogP contribution is 2.13. The molecular formula is C13H23N5O2. The summed E-state index contributed by atoms with van der Waals surface area (Å²) in [5, 5.41) is 9.48. The minimum atomic E-state index is -0.604. The highest BCUT2D eigenvalue weighted by molar-refractivity contribution is 5.95. The third-order valence-corrected chi connectivity index (χ3v) is 2.96. The van der Waals surface area contributed by atoms with Gasteiger partial charge in [-0.3, -0.25) is 14.3 Å². The fourth-order valence-corrected chi connectivity index (χ4v) is 1.68. The van der Waals surface area contributed by atoms with Gasteiger partial charge in [0.1, 0.15) is 0 Å². The van der Waals surface area contributed by atoms with Gasteiger partial charge in [-0.2, -0.15) is 5.10 Å². The molecule has 0 saturated heterocycles. The van der Waals surface area contributed by atoms with E-state index in [9.17, 15) is 9.59 Å². The number of rotatable bonds is 6. The number of nitrogens with one attached hydrogen (secondary N) is 2. The Morgan fingerprint density at radius 3 is 2.65 bits per heavy atom. The lowest BCUT2D eigenvalue weighted by atomic mass is 10.1. The van der Waals surface area contributed by atoms with Crippen molar-refractivity contribution in [2.24, 2.45) is 18.7 Å². The highest BCUT2D eigenvalue weighted by Gasteiger charge is 2.18. The average Bonchev–Trinajstić information content (AvgIpc) is 2.74. The second-order valence-electron chi connectivity index (χ2n) is 5.05. The second-order valence-corrected chi connectivity index (χ2v) is 5.05. The van der Waals surface area contributed by atoms with E-state index < -0.39 is 6.04 Å². The van der Waals surface area contributed by atoms with Crippen LogP contribution < -0.4 is 16.4 Å².